The highest BCUT2D eigenvalue weighted by atomic mass is 16.5. The number of nitrogens with zero attached hydrogens (tertiary/aromatic N) is 5. The molecule has 0 amide bonds. The molecule has 3 rings (SSSR count). The molecular formula is C14H18N6O. The third-order valence-electron chi connectivity index (χ3n) is 3.48. The van der Waals surface area contributed by atoms with Crippen molar-refractivity contribution in [2.75, 3.05) is 23.7 Å². The van der Waals surface area contributed by atoms with E-state index >= 15 is 0 Å². The molecule has 0 aliphatic carbocycles. The van der Waals surface area contributed by atoms with Gasteiger partial charge >= 0.3 is 0 Å². The lowest BCUT2D eigenvalue weighted by atomic mass is 10.1. The van der Waals surface area contributed by atoms with E-state index in [1.807, 2.05) is 13.1 Å². The van der Waals surface area contributed by atoms with Gasteiger partial charge in [0.1, 0.15) is 24.1 Å². The van der Waals surface area contributed by atoms with E-state index < -0.39 is 0 Å². The van der Waals surface area contributed by atoms with E-state index in [-0.39, 0.29) is 6.10 Å². The number of hydrogen-bond donors (Lipinski definition) is 1. The van der Waals surface area contributed by atoms with Gasteiger partial charge in [-0.15, -0.1) is 0 Å². The van der Waals surface area contributed by atoms with Gasteiger partial charge in [0.25, 0.3) is 0 Å². The summed E-state index contributed by atoms with van der Waals surface area (Å²) in [5.41, 5.74) is 6.55. The molecule has 7 heteroatoms. The minimum Gasteiger partial charge on any atom is -0.474 e. The van der Waals surface area contributed by atoms with Crippen molar-refractivity contribution in [1.29, 1.82) is 0 Å². The maximum absolute atomic E-state index is 5.85. The molecule has 2 aromatic heterocycles. The van der Waals surface area contributed by atoms with Gasteiger partial charge in [0.05, 0.1) is 18.1 Å². The fourth-order valence-corrected chi connectivity index (χ4v) is 2.34. The van der Waals surface area contributed by atoms with Crippen LogP contribution in [0.3, 0.4) is 0 Å². The van der Waals surface area contributed by atoms with Crippen molar-refractivity contribution in [2.24, 2.45) is 0 Å². The quantitative estimate of drug-likeness (QED) is 0.906. The Morgan fingerprint density at radius 1 is 1.14 bits per heavy atom. The lowest BCUT2D eigenvalue weighted by Crippen LogP contribution is -2.38. The first kappa shape index (κ1) is 13.5. The van der Waals surface area contributed by atoms with E-state index in [9.17, 15) is 0 Å². The molecule has 2 N–H and O–H groups in total. The lowest BCUT2D eigenvalue weighted by Gasteiger charge is -2.32. The number of rotatable bonds is 3. The van der Waals surface area contributed by atoms with Crippen LogP contribution in [-0.2, 0) is 0 Å². The number of aryl methyl sites for hydroxylation is 1. The summed E-state index contributed by atoms with van der Waals surface area (Å²) in [5.74, 6) is 1.88. The third-order valence-corrected chi connectivity index (χ3v) is 3.48. The van der Waals surface area contributed by atoms with Gasteiger partial charge in [-0.1, -0.05) is 0 Å². The Kier molecular flexibility index (Phi) is 3.81. The highest BCUT2D eigenvalue weighted by Crippen LogP contribution is 2.20. The Morgan fingerprint density at radius 3 is 2.62 bits per heavy atom. The molecule has 0 aromatic carbocycles. The van der Waals surface area contributed by atoms with E-state index in [2.05, 4.69) is 24.8 Å². The van der Waals surface area contributed by atoms with Crippen molar-refractivity contribution in [2.45, 2.75) is 25.9 Å². The fraction of sp³-hybridized carbons (Fsp3) is 0.429. The van der Waals surface area contributed by atoms with Crippen LogP contribution in [0.15, 0.2) is 24.8 Å². The molecule has 0 saturated carbocycles. The van der Waals surface area contributed by atoms with Gasteiger partial charge in [-0.2, -0.15) is 0 Å². The Bertz CT molecular complexity index is 595. The van der Waals surface area contributed by atoms with E-state index in [0.29, 0.717) is 11.7 Å². The van der Waals surface area contributed by atoms with Gasteiger partial charge < -0.3 is 15.4 Å². The second-order valence-electron chi connectivity index (χ2n) is 5.10. The molecular weight excluding hydrogens is 268 g/mol. The summed E-state index contributed by atoms with van der Waals surface area (Å²) < 4.78 is 5.85. The number of nitrogen functional groups attached to an aromatic ring is 1. The monoisotopic (exact) mass is 286 g/mol. The lowest BCUT2D eigenvalue weighted by molar-refractivity contribution is 0.163. The topological polar surface area (TPSA) is 90.1 Å². The van der Waals surface area contributed by atoms with Gasteiger partial charge in [0, 0.05) is 32.0 Å². The maximum atomic E-state index is 5.85. The molecule has 3 heterocycles. The van der Waals surface area contributed by atoms with Crippen molar-refractivity contribution >= 4 is 11.6 Å². The normalized spacial score (nSPS) is 16.0. The second-order valence-corrected chi connectivity index (χ2v) is 5.10. The van der Waals surface area contributed by atoms with E-state index in [1.54, 1.807) is 12.3 Å². The van der Waals surface area contributed by atoms with Crippen molar-refractivity contribution in [3.63, 3.8) is 0 Å². The van der Waals surface area contributed by atoms with Gasteiger partial charge in [0.2, 0.25) is 5.88 Å². The van der Waals surface area contributed by atoms with Crippen molar-refractivity contribution < 1.29 is 4.74 Å². The number of piperidine rings is 1. The van der Waals surface area contributed by atoms with Crippen LogP contribution in [-0.4, -0.2) is 39.1 Å². The second kappa shape index (κ2) is 5.90. The average Bonchev–Trinajstić information content (AvgIpc) is 2.49. The zero-order valence-corrected chi connectivity index (χ0v) is 11.9. The van der Waals surface area contributed by atoms with Crippen LogP contribution in [0.5, 0.6) is 5.88 Å². The third kappa shape index (κ3) is 3.36. The molecule has 2 aromatic rings. The zero-order chi connectivity index (χ0) is 14.7. The van der Waals surface area contributed by atoms with Crippen LogP contribution >= 0.6 is 0 Å². The highest BCUT2D eigenvalue weighted by Gasteiger charge is 2.22. The summed E-state index contributed by atoms with van der Waals surface area (Å²) in [4.78, 5) is 18.8. The molecule has 1 aliphatic rings. The first-order chi connectivity index (χ1) is 10.2. The predicted octanol–water partition coefficient (Wildman–Crippen LogP) is 1.21. The van der Waals surface area contributed by atoms with Crippen LogP contribution < -0.4 is 15.4 Å². The number of aromatic nitrogens is 4. The minimum absolute atomic E-state index is 0.147. The van der Waals surface area contributed by atoms with E-state index in [1.165, 1.54) is 6.33 Å². The molecule has 0 atom stereocenters. The molecule has 1 aliphatic heterocycles. The smallest absolute Gasteiger partial charge is 0.218 e. The van der Waals surface area contributed by atoms with Crippen molar-refractivity contribution in [3.05, 3.63) is 30.5 Å². The van der Waals surface area contributed by atoms with E-state index in [0.717, 1.165) is 37.4 Å². The average molecular weight is 286 g/mol. The fourth-order valence-electron chi connectivity index (χ4n) is 2.34. The summed E-state index contributed by atoms with van der Waals surface area (Å²) in [6.07, 6.45) is 7.01. The summed E-state index contributed by atoms with van der Waals surface area (Å²) in [6.45, 7) is 3.72. The maximum Gasteiger partial charge on any atom is 0.218 e. The molecule has 110 valence electrons. The summed E-state index contributed by atoms with van der Waals surface area (Å²) in [5, 5.41) is 0. The van der Waals surface area contributed by atoms with Gasteiger partial charge in [0.15, 0.2) is 0 Å². The molecule has 0 spiro atoms. The Morgan fingerprint density at radius 2 is 1.95 bits per heavy atom. The molecule has 21 heavy (non-hydrogen) atoms. The summed E-state index contributed by atoms with van der Waals surface area (Å²) in [7, 11) is 0. The molecule has 0 bridgehead atoms. The largest absolute Gasteiger partial charge is 0.474 e. The Balaban J connectivity index is 1.56. The first-order valence-corrected chi connectivity index (χ1v) is 6.98. The van der Waals surface area contributed by atoms with Crippen LogP contribution in [0.1, 0.15) is 18.5 Å². The van der Waals surface area contributed by atoms with Gasteiger partial charge in [-0.25, -0.2) is 15.0 Å². The Labute approximate surface area is 123 Å². The standard InChI is InChI=1S/C14H18N6O/c1-10-7-17-13(8-16-10)20-4-2-11(3-5-20)21-14-6-12(15)18-9-19-14/h6-9,11H,2-5H2,1H3,(H2,15,18,19). The van der Waals surface area contributed by atoms with Crippen LogP contribution in [0.4, 0.5) is 11.6 Å². The molecule has 1 saturated heterocycles. The summed E-state index contributed by atoms with van der Waals surface area (Å²) in [6, 6.07) is 1.65. The summed E-state index contributed by atoms with van der Waals surface area (Å²) >= 11 is 0. The number of hydrogen-bond acceptors (Lipinski definition) is 7. The van der Waals surface area contributed by atoms with E-state index in [4.69, 9.17) is 10.5 Å². The molecule has 0 radical (unpaired) electrons. The predicted molar refractivity (Wildman–Crippen MR) is 79.1 cm³/mol. The SMILES string of the molecule is Cc1cnc(N2CCC(Oc3cc(N)ncn3)CC2)cn1. The number of nitrogens with two attached hydrogens (primary N) is 1. The van der Waals surface area contributed by atoms with Crippen molar-refractivity contribution in [1.82, 2.24) is 19.9 Å². The van der Waals surface area contributed by atoms with Crippen LogP contribution in [0, 0.1) is 6.92 Å². The molecule has 7 nitrogen and oxygen atoms in total. The van der Waals surface area contributed by atoms with Gasteiger partial charge in [-0.05, 0) is 6.92 Å². The molecule has 0 unspecified atom stereocenters. The molecule has 1 fully saturated rings. The number of ether oxygens (including phenoxy) is 1. The first-order valence-electron chi connectivity index (χ1n) is 6.98. The van der Waals surface area contributed by atoms with Gasteiger partial charge in [-0.3, -0.25) is 4.98 Å². The van der Waals surface area contributed by atoms with Crippen molar-refractivity contribution in [3.8, 4) is 5.88 Å². The minimum atomic E-state index is 0.147. The zero-order valence-electron chi connectivity index (χ0n) is 11.9. The van der Waals surface area contributed by atoms with Crippen LogP contribution in [0.2, 0.25) is 0 Å². The Hall–Kier alpha value is -2.44. The highest BCUT2D eigenvalue weighted by molar-refractivity contribution is 5.36. The van der Waals surface area contributed by atoms with Crippen LogP contribution in [0.25, 0.3) is 0 Å². The number of anilines is 2.